The van der Waals surface area contributed by atoms with Crippen molar-refractivity contribution in [3.63, 3.8) is 0 Å². The highest BCUT2D eigenvalue weighted by molar-refractivity contribution is 5.94. The number of pyridine rings is 2. The quantitative estimate of drug-likeness (QED) is 0.855. The van der Waals surface area contributed by atoms with E-state index in [2.05, 4.69) is 20.6 Å². The van der Waals surface area contributed by atoms with E-state index in [0.29, 0.717) is 12.1 Å². The highest BCUT2D eigenvalue weighted by Gasteiger charge is 2.09. The Bertz CT molecular complexity index is 586. The maximum Gasteiger partial charge on any atom is 0.253 e. The van der Waals surface area contributed by atoms with Crippen molar-refractivity contribution >= 4 is 11.6 Å². The van der Waals surface area contributed by atoms with Gasteiger partial charge in [0.05, 0.1) is 11.3 Å². The second-order valence-electron chi connectivity index (χ2n) is 4.95. The van der Waals surface area contributed by atoms with E-state index in [9.17, 15) is 4.79 Å². The van der Waals surface area contributed by atoms with Crippen molar-refractivity contribution in [2.45, 2.75) is 32.9 Å². The van der Waals surface area contributed by atoms with Gasteiger partial charge in [-0.2, -0.15) is 0 Å². The van der Waals surface area contributed by atoms with Gasteiger partial charge in [0.1, 0.15) is 0 Å². The van der Waals surface area contributed by atoms with E-state index in [-0.39, 0.29) is 11.9 Å². The van der Waals surface area contributed by atoms with Crippen LogP contribution in [0.25, 0.3) is 0 Å². The van der Waals surface area contributed by atoms with Gasteiger partial charge in [0.25, 0.3) is 5.91 Å². The third-order valence-corrected chi connectivity index (χ3v) is 3.24. The molecule has 2 aromatic rings. The minimum Gasteiger partial charge on any atom is -0.380 e. The van der Waals surface area contributed by atoms with Crippen LogP contribution in [0.4, 0.5) is 5.69 Å². The number of nitrogens with one attached hydrogen (secondary N) is 2. The second kappa shape index (κ2) is 7.38. The van der Waals surface area contributed by atoms with Crippen LogP contribution in [0.1, 0.15) is 36.2 Å². The minimum atomic E-state index is -0.0931. The lowest BCUT2D eigenvalue weighted by atomic mass is 10.2. The molecule has 0 saturated heterocycles. The second-order valence-corrected chi connectivity index (χ2v) is 4.95. The Balaban J connectivity index is 1.99. The van der Waals surface area contributed by atoms with Crippen LogP contribution < -0.4 is 10.6 Å². The summed E-state index contributed by atoms with van der Waals surface area (Å²) in [5.41, 5.74) is 2.51. The predicted molar refractivity (Wildman–Crippen MR) is 83.0 cm³/mol. The van der Waals surface area contributed by atoms with Crippen LogP contribution in [-0.2, 0) is 6.54 Å². The number of hydrogen-bond donors (Lipinski definition) is 2. The largest absolute Gasteiger partial charge is 0.380 e. The highest BCUT2D eigenvalue weighted by atomic mass is 16.1. The van der Waals surface area contributed by atoms with Crippen molar-refractivity contribution in [1.82, 2.24) is 15.3 Å². The van der Waals surface area contributed by atoms with Crippen LogP contribution in [0.3, 0.4) is 0 Å². The molecule has 0 aliphatic rings. The van der Waals surface area contributed by atoms with Gasteiger partial charge < -0.3 is 10.6 Å². The third kappa shape index (κ3) is 4.56. The van der Waals surface area contributed by atoms with Gasteiger partial charge in [0, 0.05) is 37.4 Å². The Morgan fingerprint density at radius 1 is 1.24 bits per heavy atom. The number of rotatable bonds is 6. The van der Waals surface area contributed by atoms with Gasteiger partial charge in [-0.25, -0.2) is 0 Å². The fourth-order valence-electron chi connectivity index (χ4n) is 1.77. The summed E-state index contributed by atoms with van der Waals surface area (Å²) in [5.74, 6) is -0.0931. The zero-order chi connectivity index (χ0) is 15.1. The van der Waals surface area contributed by atoms with Crippen molar-refractivity contribution in [2.24, 2.45) is 0 Å². The number of carbonyl (C=O) groups is 1. The summed E-state index contributed by atoms with van der Waals surface area (Å²) < 4.78 is 0. The van der Waals surface area contributed by atoms with Gasteiger partial charge in [-0.1, -0.05) is 6.92 Å². The van der Waals surface area contributed by atoms with E-state index in [0.717, 1.165) is 17.7 Å². The molecular formula is C16H20N4O. The molecule has 110 valence electrons. The van der Waals surface area contributed by atoms with Crippen molar-refractivity contribution in [1.29, 1.82) is 0 Å². The van der Waals surface area contributed by atoms with Crippen LogP contribution in [0.2, 0.25) is 0 Å². The summed E-state index contributed by atoms with van der Waals surface area (Å²) in [6.45, 7) is 4.69. The first kappa shape index (κ1) is 15.0. The Morgan fingerprint density at radius 3 is 2.71 bits per heavy atom. The molecule has 2 rings (SSSR count). The lowest BCUT2D eigenvalue weighted by Crippen LogP contribution is -2.32. The molecule has 1 atom stereocenters. The summed E-state index contributed by atoms with van der Waals surface area (Å²) in [6, 6.07) is 5.86. The molecule has 2 heterocycles. The van der Waals surface area contributed by atoms with Crippen LogP contribution in [0.15, 0.2) is 43.0 Å². The molecule has 2 N–H and O–H groups in total. The number of carbonyl (C=O) groups excluding carboxylic acids is 1. The lowest BCUT2D eigenvalue weighted by Gasteiger charge is -2.12. The number of aromatic nitrogens is 2. The maximum absolute atomic E-state index is 12.1. The molecule has 1 unspecified atom stereocenters. The van der Waals surface area contributed by atoms with Gasteiger partial charge in [0.2, 0.25) is 0 Å². The molecule has 0 aliphatic carbocycles. The zero-order valence-electron chi connectivity index (χ0n) is 12.3. The smallest absolute Gasteiger partial charge is 0.253 e. The fraction of sp³-hybridized carbons (Fsp3) is 0.312. The summed E-state index contributed by atoms with van der Waals surface area (Å²) in [4.78, 5) is 20.1. The van der Waals surface area contributed by atoms with Gasteiger partial charge in [0.15, 0.2) is 0 Å². The van der Waals surface area contributed by atoms with E-state index >= 15 is 0 Å². The fourth-order valence-corrected chi connectivity index (χ4v) is 1.77. The molecule has 0 radical (unpaired) electrons. The Morgan fingerprint density at radius 2 is 2.00 bits per heavy atom. The number of nitrogens with zero attached hydrogens (tertiary/aromatic N) is 2. The number of amides is 1. The van der Waals surface area contributed by atoms with Gasteiger partial charge in [-0.15, -0.1) is 0 Å². The number of hydrogen-bond acceptors (Lipinski definition) is 4. The summed E-state index contributed by atoms with van der Waals surface area (Å²) in [6.07, 6.45) is 7.70. The van der Waals surface area contributed by atoms with Gasteiger partial charge in [-0.05, 0) is 37.1 Å². The maximum atomic E-state index is 12.1. The first-order chi connectivity index (χ1) is 10.2. The molecule has 0 fully saturated rings. The predicted octanol–water partition coefficient (Wildman–Crippen LogP) is 2.62. The van der Waals surface area contributed by atoms with Crippen LogP contribution >= 0.6 is 0 Å². The topological polar surface area (TPSA) is 66.9 Å². The molecule has 5 nitrogen and oxygen atoms in total. The molecule has 0 aromatic carbocycles. The van der Waals surface area contributed by atoms with Crippen molar-refractivity contribution in [3.8, 4) is 0 Å². The van der Waals surface area contributed by atoms with E-state index in [1.807, 2.05) is 32.0 Å². The SMILES string of the molecule is CCC(C)NC(=O)c1cncc(NCc2ccncc2)c1. The molecule has 1 amide bonds. The molecule has 21 heavy (non-hydrogen) atoms. The summed E-state index contributed by atoms with van der Waals surface area (Å²) >= 11 is 0. The third-order valence-electron chi connectivity index (χ3n) is 3.24. The first-order valence-corrected chi connectivity index (χ1v) is 7.07. The molecule has 0 aliphatic heterocycles. The lowest BCUT2D eigenvalue weighted by molar-refractivity contribution is 0.0939. The highest BCUT2D eigenvalue weighted by Crippen LogP contribution is 2.10. The van der Waals surface area contributed by atoms with E-state index in [4.69, 9.17) is 0 Å². The van der Waals surface area contributed by atoms with Crippen LogP contribution in [-0.4, -0.2) is 21.9 Å². The normalized spacial score (nSPS) is 11.7. The Hall–Kier alpha value is -2.43. The van der Waals surface area contributed by atoms with Gasteiger partial charge in [-0.3, -0.25) is 14.8 Å². The van der Waals surface area contributed by atoms with Gasteiger partial charge >= 0.3 is 0 Å². The van der Waals surface area contributed by atoms with Crippen LogP contribution in [0.5, 0.6) is 0 Å². The summed E-state index contributed by atoms with van der Waals surface area (Å²) in [7, 11) is 0. The van der Waals surface area contributed by atoms with Crippen molar-refractivity contribution in [3.05, 3.63) is 54.1 Å². The molecular weight excluding hydrogens is 264 g/mol. The monoisotopic (exact) mass is 284 g/mol. The van der Waals surface area contributed by atoms with E-state index in [1.54, 1.807) is 24.8 Å². The van der Waals surface area contributed by atoms with E-state index < -0.39 is 0 Å². The zero-order valence-corrected chi connectivity index (χ0v) is 12.3. The molecule has 0 spiro atoms. The van der Waals surface area contributed by atoms with Crippen LogP contribution in [0, 0.1) is 0 Å². The molecule has 0 bridgehead atoms. The van der Waals surface area contributed by atoms with Crippen molar-refractivity contribution < 1.29 is 4.79 Å². The summed E-state index contributed by atoms with van der Waals surface area (Å²) in [5, 5.41) is 6.19. The Labute approximate surface area is 124 Å². The first-order valence-electron chi connectivity index (χ1n) is 7.07. The standard InChI is InChI=1S/C16H20N4O/c1-3-12(2)20-16(21)14-8-15(11-18-10-14)19-9-13-4-6-17-7-5-13/h4-8,10-12,19H,3,9H2,1-2H3,(H,20,21). The minimum absolute atomic E-state index is 0.0931. The van der Waals surface area contributed by atoms with Crippen molar-refractivity contribution in [2.75, 3.05) is 5.32 Å². The molecule has 0 saturated carbocycles. The molecule has 5 heteroatoms. The number of anilines is 1. The average Bonchev–Trinajstić information content (AvgIpc) is 2.54. The van der Waals surface area contributed by atoms with E-state index in [1.165, 1.54) is 0 Å². The Kier molecular flexibility index (Phi) is 5.26. The molecule has 2 aromatic heterocycles. The average molecular weight is 284 g/mol.